The van der Waals surface area contributed by atoms with Gasteiger partial charge >= 0.3 is 0 Å². The molecular weight excluding hydrogens is 509 g/mol. The van der Waals surface area contributed by atoms with E-state index in [1.165, 1.54) is 79.1 Å². The molecule has 166 valence electrons. The first-order valence-electron chi connectivity index (χ1n) is 12.0. The van der Waals surface area contributed by atoms with Gasteiger partial charge < -0.3 is 24.0 Å². The van der Waals surface area contributed by atoms with E-state index in [9.17, 15) is 0 Å². The number of benzene rings is 2. The normalized spacial score (nSPS) is 14.5. The lowest BCUT2D eigenvalue weighted by Gasteiger charge is -2.21. The molecule has 0 aliphatic heterocycles. The van der Waals surface area contributed by atoms with E-state index in [4.69, 9.17) is 0 Å². The SMILES string of the molecule is [I-].c1ccc(CCSc2cc3ccccc3[n+](CCCCCC3CCCCC3)c2)cc1. The van der Waals surface area contributed by atoms with E-state index < -0.39 is 0 Å². The summed E-state index contributed by atoms with van der Waals surface area (Å²) in [5.74, 6) is 2.15. The van der Waals surface area contributed by atoms with Crippen molar-refractivity contribution in [2.75, 3.05) is 5.75 Å². The minimum absolute atomic E-state index is 0. The number of thioether (sulfide) groups is 1. The van der Waals surface area contributed by atoms with Crippen molar-refractivity contribution in [1.29, 1.82) is 0 Å². The van der Waals surface area contributed by atoms with Crippen molar-refractivity contribution in [1.82, 2.24) is 0 Å². The number of pyridine rings is 1. The summed E-state index contributed by atoms with van der Waals surface area (Å²) in [6, 6.07) is 22.1. The van der Waals surface area contributed by atoms with Crippen LogP contribution in [-0.4, -0.2) is 5.75 Å². The number of hydrogen-bond donors (Lipinski definition) is 0. The van der Waals surface area contributed by atoms with E-state index >= 15 is 0 Å². The van der Waals surface area contributed by atoms with Gasteiger partial charge in [-0.3, -0.25) is 0 Å². The molecule has 0 amide bonds. The van der Waals surface area contributed by atoms with E-state index in [2.05, 4.69) is 71.4 Å². The molecule has 1 aliphatic rings. The Kier molecular flexibility index (Phi) is 10.7. The number of para-hydroxylation sites is 1. The van der Waals surface area contributed by atoms with Gasteiger partial charge in [0.2, 0.25) is 5.52 Å². The molecule has 3 aromatic rings. The molecule has 1 nitrogen and oxygen atoms in total. The Hall–Kier alpha value is -1.07. The highest BCUT2D eigenvalue weighted by molar-refractivity contribution is 7.99. The van der Waals surface area contributed by atoms with E-state index in [-0.39, 0.29) is 24.0 Å². The van der Waals surface area contributed by atoms with Crippen LogP contribution in [0.5, 0.6) is 0 Å². The first kappa shape index (κ1) is 24.6. The molecule has 0 unspecified atom stereocenters. The lowest BCUT2D eigenvalue weighted by molar-refractivity contribution is -0.673. The molecule has 1 aliphatic carbocycles. The van der Waals surface area contributed by atoms with Crippen molar-refractivity contribution in [3.8, 4) is 0 Å². The Morgan fingerprint density at radius 3 is 2.45 bits per heavy atom. The third kappa shape index (κ3) is 7.78. The van der Waals surface area contributed by atoms with E-state index in [0.717, 1.165) is 24.6 Å². The number of hydrogen-bond acceptors (Lipinski definition) is 1. The van der Waals surface area contributed by atoms with Crippen LogP contribution >= 0.6 is 11.8 Å². The predicted molar refractivity (Wildman–Crippen MR) is 130 cm³/mol. The summed E-state index contributed by atoms with van der Waals surface area (Å²) in [6.07, 6.45) is 16.4. The van der Waals surface area contributed by atoms with Crippen molar-refractivity contribution in [3.63, 3.8) is 0 Å². The Balaban J connectivity index is 0.00000272. The summed E-state index contributed by atoms with van der Waals surface area (Å²) < 4.78 is 2.50. The Morgan fingerprint density at radius 1 is 0.839 bits per heavy atom. The maximum atomic E-state index is 2.50. The largest absolute Gasteiger partial charge is 1.00 e. The number of fused-ring (bicyclic) bond motifs is 1. The van der Waals surface area contributed by atoms with Gasteiger partial charge in [-0.2, -0.15) is 4.57 Å². The second-order valence-electron chi connectivity index (χ2n) is 8.87. The third-order valence-corrected chi connectivity index (χ3v) is 7.53. The average molecular weight is 546 g/mol. The number of halogens is 1. The summed E-state index contributed by atoms with van der Waals surface area (Å²) in [5, 5.41) is 1.37. The van der Waals surface area contributed by atoms with Gasteiger partial charge in [0.05, 0.1) is 4.90 Å². The monoisotopic (exact) mass is 545 g/mol. The summed E-state index contributed by atoms with van der Waals surface area (Å²) in [4.78, 5) is 1.40. The molecule has 0 radical (unpaired) electrons. The van der Waals surface area contributed by atoms with Crippen LogP contribution < -0.4 is 28.5 Å². The van der Waals surface area contributed by atoms with Crippen molar-refractivity contribution < 1.29 is 28.5 Å². The maximum Gasteiger partial charge on any atom is 0.212 e. The highest BCUT2D eigenvalue weighted by atomic mass is 127. The van der Waals surface area contributed by atoms with Crippen LogP contribution in [-0.2, 0) is 13.0 Å². The molecule has 1 heterocycles. The molecule has 1 saturated carbocycles. The standard InChI is InChI=1S/C28H36NS.HI/c1-4-12-24(13-5-1)14-8-3-11-20-29-23-27(22-26-17-9-10-18-28(26)29)30-21-19-25-15-6-2-7-16-25;/h2,6-7,9-10,15-18,22-24H,1,3-5,8,11-14,19-21H2;1H/q+1;/p-1. The van der Waals surface area contributed by atoms with E-state index in [1.54, 1.807) is 0 Å². The molecule has 0 atom stereocenters. The number of aryl methyl sites for hydroxylation is 2. The van der Waals surface area contributed by atoms with Crippen LogP contribution in [0.1, 0.15) is 63.4 Å². The summed E-state index contributed by atoms with van der Waals surface area (Å²) in [6.45, 7) is 1.14. The maximum absolute atomic E-state index is 2.50. The van der Waals surface area contributed by atoms with Crippen molar-refractivity contribution in [2.45, 2.75) is 75.6 Å². The highest BCUT2D eigenvalue weighted by Crippen LogP contribution is 2.28. The minimum Gasteiger partial charge on any atom is -1.00 e. The topological polar surface area (TPSA) is 3.88 Å². The zero-order valence-corrected chi connectivity index (χ0v) is 21.6. The number of nitrogens with zero attached hydrogens (tertiary/aromatic N) is 1. The molecule has 0 spiro atoms. The predicted octanol–water partition coefficient (Wildman–Crippen LogP) is 4.61. The van der Waals surface area contributed by atoms with Gasteiger partial charge in [0.25, 0.3) is 0 Å². The van der Waals surface area contributed by atoms with Gasteiger partial charge in [-0.25, -0.2) is 0 Å². The summed E-state index contributed by atoms with van der Waals surface area (Å²) in [5.41, 5.74) is 2.80. The quantitative estimate of drug-likeness (QED) is 0.156. The van der Waals surface area contributed by atoms with Crippen LogP contribution in [0.15, 0.2) is 71.8 Å². The van der Waals surface area contributed by atoms with Gasteiger partial charge in [-0.15, -0.1) is 11.8 Å². The molecule has 0 saturated heterocycles. The summed E-state index contributed by atoms with van der Waals surface area (Å²) >= 11 is 1.99. The fourth-order valence-corrected chi connectivity index (χ4v) is 5.83. The number of rotatable bonds is 10. The first-order chi connectivity index (χ1) is 14.9. The van der Waals surface area contributed by atoms with E-state index in [0.29, 0.717) is 0 Å². The molecule has 31 heavy (non-hydrogen) atoms. The molecule has 1 aromatic heterocycles. The van der Waals surface area contributed by atoms with Crippen LogP contribution in [0.3, 0.4) is 0 Å². The van der Waals surface area contributed by atoms with E-state index in [1.807, 2.05) is 11.8 Å². The van der Waals surface area contributed by atoms with Crippen molar-refractivity contribution >= 4 is 22.7 Å². The smallest absolute Gasteiger partial charge is 0.212 e. The van der Waals surface area contributed by atoms with Crippen LogP contribution in [0.2, 0.25) is 0 Å². The van der Waals surface area contributed by atoms with Crippen molar-refractivity contribution in [3.05, 3.63) is 72.4 Å². The Morgan fingerprint density at radius 2 is 1.61 bits per heavy atom. The second kappa shape index (κ2) is 13.5. The van der Waals surface area contributed by atoms with Gasteiger partial charge in [0.15, 0.2) is 6.20 Å². The molecule has 4 rings (SSSR count). The number of unbranched alkanes of at least 4 members (excludes halogenated alkanes) is 2. The lowest BCUT2D eigenvalue weighted by Crippen LogP contribution is -3.00. The molecule has 0 bridgehead atoms. The Bertz CT molecular complexity index is 905. The molecular formula is C28H36INS. The average Bonchev–Trinajstić information content (AvgIpc) is 2.80. The van der Waals surface area contributed by atoms with Gasteiger partial charge in [-0.1, -0.05) is 87.4 Å². The summed E-state index contributed by atoms with van der Waals surface area (Å²) in [7, 11) is 0. The highest BCUT2D eigenvalue weighted by Gasteiger charge is 2.14. The van der Waals surface area contributed by atoms with Gasteiger partial charge in [0, 0.05) is 23.6 Å². The van der Waals surface area contributed by atoms with Crippen LogP contribution in [0.25, 0.3) is 10.9 Å². The molecule has 1 fully saturated rings. The lowest BCUT2D eigenvalue weighted by atomic mass is 9.85. The molecule has 0 N–H and O–H groups in total. The fraction of sp³-hybridized carbons (Fsp3) is 0.464. The van der Waals surface area contributed by atoms with Crippen LogP contribution in [0, 0.1) is 5.92 Å². The van der Waals surface area contributed by atoms with Crippen LogP contribution in [0.4, 0.5) is 0 Å². The zero-order chi connectivity index (χ0) is 20.4. The second-order valence-corrected chi connectivity index (χ2v) is 10.0. The molecule has 3 heteroatoms. The minimum atomic E-state index is 0. The third-order valence-electron chi connectivity index (χ3n) is 6.57. The van der Waals surface area contributed by atoms with Gasteiger partial charge in [0.1, 0.15) is 6.54 Å². The fourth-order valence-electron chi connectivity index (χ4n) is 4.85. The molecule has 2 aromatic carbocycles. The van der Waals surface area contributed by atoms with Crippen molar-refractivity contribution in [2.24, 2.45) is 5.92 Å². The Labute approximate surface area is 210 Å². The number of aromatic nitrogens is 1. The van der Waals surface area contributed by atoms with Gasteiger partial charge in [-0.05, 0) is 36.5 Å². The zero-order valence-electron chi connectivity index (χ0n) is 18.6. The first-order valence-corrected chi connectivity index (χ1v) is 13.0.